The molecule has 1 aromatic heterocycles. The van der Waals surface area contributed by atoms with E-state index in [0.29, 0.717) is 6.61 Å². The van der Waals surface area contributed by atoms with Crippen molar-refractivity contribution in [2.24, 2.45) is 12.0 Å². The monoisotopic (exact) mass is 478 g/mol. The lowest BCUT2D eigenvalue weighted by atomic mass is 10.1. The van der Waals surface area contributed by atoms with Crippen LogP contribution in [-0.4, -0.2) is 91.2 Å². The number of aliphatic imine (C=N–C) groups is 1. The van der Waals surface area contributed by atoms with Crippen LogP contribution in [0.4, 0.5) is 0 Å². The number of ether oxygens (including phenoxy) is 2. The van der Waals surface area contributed by atoms with Crippen LogP contribution in [0.3, 0.4) is 0 Å². The van der Waals surface area contributed by atoms with Gasteiger partial charge >= 0.3 is 0 Å². The molecule has 0 amide bonds. The van der Waals surface area contributed by atoms with Gasteiger partial charge in [0.05, 0.1) is 39.1 Å². The third-order valence-corrected chi connectivity index (χ3v) is 4.58. The van der Waals surface area contributed by atoms with E-state index < -0.39 is 0 Å². The summed E-state index contributed by atoms with van der Waals surface area (Å²) in [5.74, 6) is 0.980. The molecule has 9 heteroatoms. The minimum atomic E-state index is 0. The van der Waals surface area contributed by atoms with E-state index in [1.165, 1.54) is 0 Å². The number of rotatable bonds is 5. The molecule has 2 aliphatic rings. The fraction of sp³-hybridized carbons (Fsp3) is 0.765. The van der Waals surface area contributed by atoms with Crippen molar-refractivity contribution in [2.75, 3.05) is 65.6 Å². The number of hydrogen-bond donors (Lipinski definition) is 1. The van der Waals surface area contributed by atoms with E-state index in [2.05, 4.69) is 27.1 Å². The number of hydrogen-bond acceptors (Lipinski definition) is 5. The number of guanidine groups is 1. The van der Waals surface area contributed by atoms with Gasteiger partial charge in [0, 0.05) is 51.5 Å². The lowest BCUT2D eigenvalue weighted by Gasteiger charge is -2.35. The second-order valence-corrected chi connectivity index (χ2v) is 6.44. The lowest BCUT2D eigenvalue weighted by Crippen LogP contribution is -2.48. The molecule has 2 fully saturated rings. The summed E-state index contributed by atoms with van der Waals surface area (Å²) in [6.45, 7) is 10.8. The molecule has 3 heterocycles. The van der Waals surface area contributed by atoms with E-state index in [1.807, 2.05) is 24.1 Å². The van der Waals surface area contributed by atoms with Crippen LogP contribution >= 0.6 is 24.0 Å². The van der Waals surface area contributed by atoms with Gasteiger partial charge in [0.15, 0.2) is 5.96 Å². The Morgan fingerprint density at radius 1 is 1.31 bits per heavy atom. The zero-order valence-corrected chi connectivity index (χ0v) is 18.1. The van der Waals surface area contributed by atoms with E-state index in [4.69, 9.17) is 14.5 Å². The van der Waals surface area contributed by atoms with Crippen molar-refractivity contribution in [3.63, 3.8) is 0 Å². The highest BCUT2D eigenvalue weighted by molar-refractivity contribution is 14.0. The maximum Gasteiger partial charge on any atom is 0.194 e. The Kier molecular flexibility index (Phi) is 9.09. The first kappa shape index (κ1) is 21.4. The normalized spacial score (nSPS) is 22.2. The van der Waals surface area contributed by atoms with Gasteiger partial charge in [0.1, 0.15) is 6.10 Å². The molecule has 1 N–H and O–H groups in total. The second kappa shape index (κ2) is 11.1. The van der Waals surface area contributed by atoms with Crippen LogP contribution in [-0.2, 0) is 16.5 Å². The first-order valence-electron chi connectivity index (χ1n) is 9.19. The van der Waals surface area contributed by atoms with Crippen molar-refractivity contribution in [1.82, 2.24) is 24.9 Å². The van der Waals surface area contributed by atoms with Crippen LogP contribution in [0, 0.1) is 0 Å². The Balaban J connectivity index is 0.00000243. The number of aryl methyl sites for hydroxylation is 1. The smallest absolute Gasteiger partial charge is 0.194 e. The van der Waals surface area contributed by atoms with Gasteiger partial charge in [0.2, 0.25) is 0 Å². The average Bonchev–Trinajstić information content (AvgIpc) is 3.08. The van der Waals surface area contributed by atoms with E-state index >= 15 is 0 Å². The van der Waals surface area contributed by atoms with Crippen molar-refractivity contribution in [3.8, 4) is 0 Å². The van der Waals surface area contributed by atoms with Crippen molar-refractivity contribution >= 4 is 29.9 Å². The quantitative estimate of drug-likeness (QED) is 0.382. The zero-order valence-electron chi connectivity index (χ0n) is 15.8. The van der Waals surface area contributed by atoms with Crippen LogP contribution in [0.15, 0.2) is 17.4 Å². The van der Waals surface area contributed by atoms with Gasteiger partial charge < -0.3 is 19.7 Å². The van der Waals surface area contributed by atoms with E-state index in [9.17, 15) is 0 Å². The molecule has 1 aromatic rings. The molecule has 1 atom stereocenters. The number of morpholine rings is 2. The van der Waals surface area contributed by atoms with Gasteiger partial charge in [0.25, 0.3) is 0 Å². The Labute approximate surface area is 172 Å². The summed E-state index contributed by atoms with van der Waals surface area (Å²) in [6, 6.07) is 0. The molecular weight excluding hydrogens is 447 g/mol. The molecule has 0 bridgehead atoms. The zero-order chi connectivity index (χ0) is 17.5. The van der Waals surface area contributed by atoms with Gasteiger partial charge in [-0.25, -0.2) is 0 Å². The Bertz CT molecular complexity index is 561. The molecule has 1 unspecified atom stereocenters. The maximum absolute atomic E-state index is 5.94. The summed E-state index contributed by atoms with van der Waals surface area (Å²) >= 11 is 0. The summed E-state index contributed by atoms with van der Waals surface area (Å²) < 4.78 is 13.2. The molecule has 0 aromatic carbocycles. The minimum Gasteiger partial charge on any atom is -0.379 e. The lowest BCUT2D eigenvalue weighted by molar-refractivity contribution is -0.00809. The fourth-order valence-corrected chi connectivity index (χ4v) is 3.20. The van der Waals surface area contributed by atoms with Crippen molar-refractivity contribution < 1.29 is 9.47 Å². The Hall–Kier alpha value is -0.910. The van der Waals surface area contributed by atoms with Crippen LogP contribution in [0.5, 0.6) is 0 Å². The van der Waals surface area contributed by atoms with Crippen molar-refractivity contribution in [2.45, 2.75) is 13.0 Å². The summed E-state index contributed by atoms with van der Waals surface area (Å²) in [4.78, 5) is 9.54. The standard InChI is InChI=1S/C17H30N6O2.HI/c1-3-18-17(19-4-5-22-6-9-24-10-7-22)23-8-11-25-16(14-23)15-12-20-21(2)13-15;/h12-13,16H,3-11,14H2,1-2H3,(H,18,19);1H. The summed E-state index contributed by atoms with van der Waals surface area (Å²) in [6.07, 6.45) is 3.96. The molecule has 0 radical (unpaired) electrons. The van der Waals surface area contributed by atoms with Gasteiger partial charge in [-0.15, -0.1) is 24.0 Å². The molecule has 3 rings (SSSR count). The number of aromatic nitrogens is 2. The van der Waals surface area contributed by atoms with Crippen molar-refractivity contribution in [3.05, 3.63) is 18.0 Å². The molecule has 148 valence electrons. The van der Waals surface area contributed by atoms with E-state index in [1.54, 1.807) is 0 Å². The number of halogens is 1. The molecular formula is C17H31IN6O2. The first-order valence-corrected chi connectivity index (χ1v) is 9.19. The van der Waals surface area contributed by atoms with Gasteiger partial charge in [-0.3, -0.25) is 14.6 Å². The van der Waals surface area contributed by atoms with Crippen LogP contribution in [0.25, 0.3) is 0 Å². The number of nitrogens with one attached hydrogen (secondary N) is 1. The van der Waals surface area contributed by atoms with Crippen LogP contribution in [0.1, 0.15) is 18.6 Å². The first-order chi connectivity index (χ1) is 12.3. The molecule has 0 aliphatic carbocycles. The van der Waals surface area contributed by atoms with Crippen LogP contribution < -0.4 is 5.32 Å². The average molecular weight is 478 g/mol. The third kappa shape index (κ3) is 6.07. The van der Waals surface area contributed by atoms with Gasteiger partial charge in [-0.05, 0) is 6.92 Å². The Morgan fingerprint density at radius 2 is 2.12 bits per heavy atom. The molecule has 2 aliphatic heterocycles. The molecule has 0 spiro atoms. The third-order valence-electron chi connectivity index (χ3n) is 4.58. The highest BCUT2D eigenvalue weighted by atomic mass is 127. The second-order valence-electron chi connectivity index (χ2n) is 6.44. The molecule has 26 heavy (non-hydrogen) atoms. The van der Waals surface area contributed by atoms with Gasteiger partial charge in [-0.2, -0.15) is 5.10 Å². The highest BCUT2D eigenvalue weighted by Gasteiger charge is 2.25. The predicted octanol–water partition coefficient (Wildman–Crippen LogP) is 0.709. The largest absolute Gasteiger partial charge is 0.379 e. The van der Waals surface area contributed by atoms with Crippen molar-refractivity contribution in [1.29, 1.82) is 0 Å². The maximum atomic E-state index is 5.94. The predicted molar refractivity (Wildman–Crippen MR) is 112 cm³/mol. The number of nitrogens with zero attached hydrogens (tertiary/aromatic N) is 5. The summed E-state index contributed by atoms with van der Waals surface area (Å²) in [5.41, 5.74) is 1.12. The Morgan fingerprint density at radius 3 is 2.81 bits per heavy atom. The molecule has 8 nitrogen and oxygen atoms in total. The van der Waals surface area contributed by atoms with Gasteiger partial charge in [-0.1, -0.05) is 0 Å². The molecule has 0 saturated carbocycles. The SMILES string of the molecule is CCNC(=NCCN1CCOCC1)N1CCOC(c2cnn(C)c2)C1.I. The van der Waals surface area contributed by atoms with E-state index in [-0.39, 0.29) is 30.1 Å². The van der Waals surface area contributed by atoms with Crippen LogP contribution in [0.2, 0.25) is 0 Å². The topological polar surface area (TPSA) is 67.2 Å². The minimum absolute atomic E-state index is 0. The summed E-state index contributed by atoms with van der Waals surface area (Å²) in [7, 11) is 1.93. The summed E-state index contributed by atoms with van der Waals surface area (Å²) in [5, 5.41) is 7.68. The molecule has 2 saturated heterocycles. The fourth-order valence-electron chi connectivity index (χ4n) is 3.20. The highest BCUT2D eigenvalue weighted by Crippen LogP contribution is 2.21. The van der Waals surface area contributed by atoms with E-state index in [0.717, 1.165) is 70.6 Å².